The van der Waals surface area contributed by atoms with Gasteiger partial charge in [-0.05, 0) is 43.7 Å². The molecule has 0 saturated carbocycles. The van der Waals surface area contributed by atoms with E-state index in [1.807, 2.05) is 0 Å². The largest absolute Gasteiger partial charge is 0.423 e. The lowest BCUT2D eigenvalue weighted by Crippen LogP contribution is -2.45. The second kappa shape index (κ2) is 6.45. The van der Waals surface area contributed by atoms with Crippen LogP contribution in [0.4, 0.5) is 5.69 Å². The Morgan fingerprint density at radius 3 is 2.29 bits per heavy atom. The lowest BCUT2D eigenvalue weighted by Gasteiger charge is -2.21. The van der Waals surface area contributed by atoms with Crippen LogP contribution in [-0.4, -0.2) is 28.7 Å². The predicted octanol–water partition coefficient (Wildman–Crippen LogP) is 2.72. The lowest BCUT2D eigenvalue weighted by molar-refractivity contribution is -0.119. The molecule has 0 bridgehead atoms. The molecule has 1 aliphatic rings. The second-order valence-electron chi connectivity index (χ2n) is 6.65. The van der Waals surface area contributed by atoms with Crippen LogP contribution >= 0.6 is 0 Å². The summed E-state index contributed by atoms with van der Waals surface area (Å²) in [6, 6.07) is 11.8. The average molecular weight is 376 g/mol. The summed E-state index contributed by atoms with van der Waals surface area (Å²) in [4.78, 5) is 50.2. The van der Waals surface area contributed by atoms with Gasteiger partial charge >= 0.3 is 5.63 Å². The molecule has 7 nitrogen and oxygen atoms in total. The summed E-state index contributed by atoms with van der Waals surface area (Å²) in [6.07, 6.45) is 0. The minimum absolute atomic E-state index is 0.287. The summed E-state index contributed by atoms with van der Waals surface area (Å²) in [5, 5.41) is 3.43. The smallest absolute Gasteiger partial charge is 0.336 e. The van der Waals surface area contributed by atoms with Gasteiger partial charge in [-0.15, -0.1) is 0 Å². The number of benzene rings is 2. The minimum Gasteiger partial charge on any atom is -0.423 e. The zero-order chi connectivity index (χ0) is 20.0. The number of nitrogens with one attached hydrogen (secondary N) is 1. The van der Waals surface area contributed by atoms with Crippen molar-refractivity contribution in [3.63, 3.8) is 0 Å². The third kappa shape index (κ3) is 2.77. The molecule has 1 unspecified atom stereocenters. The summed E-state index contributed by atoms with van der Waals surface area (Å²) in [5.74, 6) is -1.52. The molecule has 3 aromatic rings. The highest BCUT2D eigenvalue weighted by Gasteiger charge is 2.40. The van der Waals surface area contributed by atoms with Crippen molar-refractivity contribution in [2.45, 2.75) is 19.9 Å². The quantitative estimate of drug-likeness (QED) is 0.560. The van der Waals surface area contributed by atoms with E-state index in [1.54, 1.807) is 43.3 Å². The van der Waals surface area contributed by atoms with Crippen molar-refractivity contribution in [2.24, 2.45) is 0 Å². The molecular formula is C21H16N2O5. The molecule has 0 spiro atoms. The molecule has 7 heteroatoms. The van der Waals surface area contributed by atoms with E-state index in [4.69, 9.17) is 4.42 Å². The molecule has 0 radical (unpaired) electrons. The topological polar surface area (TPSA) is 96.7 Å². The van der Waals surface area contributed by atoms with E-state index in [2.05, 4.69) is 5.32 Å². The molecule has 28 heavy (non-hydrogen) atoms. The van der Waals surface area contributed by atoms with Gasteiger partial charge in [-0.2, -0.15) is 0 Å². The lowest BCUT2D eigenvalue weighted by atomic mass is 10.1. The molecule has 0 saturated heterocycles. The Balaban J connectivity index is 1.59. The SMILES string of the molecule is Cc1cc(=O)oc2cc(NC(=O)C(C)N3C(=O)c4ccccc4C3=O)ccc12. The van der Waals surface area contributed by atoms with E-state index in [0.717, 1.165) is 15.8 Å². The number of nitrogens with zero attached hydrogens (tertiary/aromatic N) is 1. The van der Waals surface area contributed by atoms with Crippen molar-refractivity contribution in [2.75, 3.05) is 5.32 Å². The number of hydrogen-bond donors (Lipinski definition) is 1. The van der Waals surface area contributed by atoms with Crippen LogP contribution in [0, 0.1) is 6.92 Å². The van der Waals surface area contributed by atoms with Crippen LogP contribution in [0.15, 0.2) is 57.7 Å². The number of fused-ring (bicyclic) bond motifs is 2. The van der Waals surface area contributed by atoms with Gasteiger partial charge < -0.3 is 9.73 Å². The normalized spacial score (nSPS) is 14.3. The fourth-order valence-electron chi connectivity index (χ4n) is 3.33. The van der Waals surface area contributed by atoms with Crippen LogP contribution in [0.3, 0.4) is 0 Å². The summed E-state index contributed by atoms with van der Waals surface area (Å²) in [6.45, 7) is 3.28. The molecule has 140 valence electrons. The molecule has 2 heterocycles. The van der Waals surface area contributed by atoms with Crippen LogP contribution in [0.5, 0.6) is 0 Å². The Kier molecular flexibility index (Phi) is 4.07. The van der Waals surface area contributed by atoms with Crippen molar-refractivity contribution >= 4 is 34.4 Å². The van der Waals surface area contributed by atoms with Gasteiger partial charge in [0, 0.05) is 23.2 Å². The van der Waals surface area contributed by atoms with E-state index in [9.17, 15) is 19.2 Å². The van der Waals surface area contributed by atoms with Gasteiger partial charge in [0.25, 0.3) is 11.8 Å². The number of rotatable bonds is 3. The van der Waals surface area contributed by atoms with Crippen molar-refractivity contribution < 1.29 is 18.8 Å². The highest BCUT2D eigenvalue weighted by atomic mass is 16.4. The predicted molar refractivity (Wildman–Crippen MR) is 102 cm³/mol. The molecule has 1 aliphatic heterocycles. The molecule has 4 rings (SSSR count). The molecular weight excluding hydrogens is 360 g/mol. The van der Waals surface area contributed by atoms with Crippen LogP contribution in [-0.2, 0) is 4.79 Å². The molecule has 3 amide bonds. The molecule has 0 aliphatic carbocycles. The van der Waals surface area contributed by atoms with Gasteiger partial charge in [0.05, 0.1) is 11.1 Å². The number of anilines is 1. The van der Waals surface area contributed by atoms with E-state index in [1.165, 1.54) is 19.1 Å². The van der Waals surface area contributed by atoms with E-state index in [0.29, 0.717) is 11.3 Å². The number of carbonyl (C=O) groups is 3. The van der Waals surface area contributed by atoms with Crippen LogP contribution in [0.1, 0.15) is 33.2 Å². The first-order chi connectivity index (χ1) is 13.4. The zero-order valence-corrected chi connectivity index (χ0v) is 15.2. The molecule has 0 fully saturated rings. The summed E-state index contributed by atoms with van der Waals surface area (Å²) in [7, 11) is 0. The van der Waals surface area contributed by atoms with Gasteiger partial charge in [-0.3, -0.25) is 19.3 Å². The molecule has 1 N–H and O–H groups in total. The van der Waals surface area contributed by atoms with Gasteiger partial charge in [-0.25, -0.2) is 4.79 Å². The number of imide groups is 1. The maximum atomic E-state index is 12.7. The van der Waals surface area contributed by atoms with Gasteiger partial charge in [0.1, 0.15) is 11.6 Å². The second-order valence-corrected chi connectivity index (χ2v) is 6.65. The Hall–Kier alpha value is -3.74. The first-order valence-electron chi connectivity index (χ1n) is 8.69. The number of carbonyl (C=O) groups excluding carboxylic acids is 3. The van der Waals surface area contributed by atoms with Crippen LogP contribution in [0.25, 0.3) is 11.0 Å². The third-order valence-electron chi connectivity index (χ3n) is 4.81. The maximum absolute atomic E-state index is 12.7. The highest BCUT2D eigenvalue weighted by Crippen LogP contribution is 2.25. The minimum atomic E-state index is -1.01. The fraction of sp³-hybridized carbons (Fsp3) is 0.143. The Labute approximate surface area is 159 Å². The molecule has 1 atom stereocenters. The summed E-state index contributed by atoms with van der Waals surface area (Å²) in [5.41, 5.74) is 1.60. The van der Waals surface area contributed by atoms with E-state index in [-0.39, 0.29) is 11.1 Å². The monoisotopic (exact) mass is 376 g/mol. The maximum Gasteiger partial charge on any atom is 0.336 e. The first kappa shape index (κ1) is 17.7. The van der Waals surface area contributed by atoms with Crippen LogP contribution < -0.4 is 10.9 Å². The van der Waals surface area contributed by atoms with Gasteiger partial charge in [0.15, 0.2) is 0 Å². The Bertz CT molecular complexity index is 1180. The Morgan fingerprint density at radius 2 is 1.64 bits per heavy atom. The van der Waals surface area contributed by atoms with Crippen LogP contribution in [0.2, 0.25) is 0 Å². The van der Waals surface area contributed by atoms with Crippen molar-refractivity contribution in [3.05, 3.63) is 75.6 Å². The van der Waals surface area contributed by atoms with Gasteiger partial charge in [0.2, 0.25) is 5.91 Å². The van der Waals surface area contributed by atoms with E-state index >= 15 is 0 Å². The first-order valence-corrected chi connectivity index (χ1v) is 8.69. The zero-order valence-electron chi connectivity index (χ0n) is 15.2. The standard InChI is InChI=1S/C21H16N2O5/c1-11-9-18(24)28-17-10-13(7-8-14(11)17)22-19(25)12(2)23-20(26)15-5-3-4-6-16(15)21(23)27/h3-10,12H,1-2H3,(H,22,25). The summed E-state index contributed by atoms with van der Waals surface area (Å²) >= 11 is 0. The molecule has 1 aromatic heterocycles. The van der Waals surface area contributed by atoms with Crippen molar-refractivity contribution in [1.29, 1.82) is 0 Å². The summed E-state index contributed by atoms with van der Waals surface area (Å²) < 4.78 is 5.18. The average Bonchev–Trinajstić information content (AvgIpc) is 2.91. The Morgan fingerprint density at radius 1 is 1.00 bits per heavy atom. The fourth-order valence-corrected chi connectivity index (χ4v) is 3.33. The van der Waals surface area contributed by atoms with Gasteiger partial charge in [-0.1, -0.05) is 12.1 Å². The number of aryl methyl sites for hydroxylation is 1. The molecule has 2 aromatic carbocycles. The highest BCUT2D eigenvalue weighted by molar-refractivity contribution is 6.23. The third-order valence-corrected chi connectivity index (χ3v) is 4.81. The van der Waals surface area contributed by atoms with Crippen molar-refractivity contribution in [1.82, 2.24) is 4.90 Å². The van der Waals surface area contributed by atoms with E-state index < -0.39 is 29.4 Å². The van der Waals surface area contributed by atoms with Crippen molar-refractivity contribution in [3.8, 4) is 0 Å². The number of amides is 3. The number of hydrogen-bond acceptors (Lipinski definition) is 5.